The van der Waals surface area contributed by atoms with Crippen molar-refractivity contribution in [2.75, 3.05) is 19.6 Å². The van der Waals surface area contributed by atoms with Crippen LogP contribution in [0, 0.1) is 10.7 Å². The Morgan fingerprint density at radius 3 is 2.62 bits per heavy atom. The predicted molar refractivity (Wildman–Crippen MR) is 87.7 cm³/mol. The van der Waals surface area contributed by atoms with Crippen molar-refractivity contribution in [3.63, 3.8) is 0 Å². The van der Waals surface area contributed by atoms with Crippen molar-refractivity contribution < 1.29 is 0 Å². The molecule has 5 heteroatoms. The third kappa shape index (κ3) is 3.24. The Morgan fingerprint density at radius 1 is 1.24 bits per heavy atom. The van der Waals surface area contributed by atoms with Crippen LogP contribution in [0.1, 0.15) is 19.8 Å². The zero-order valence-electron chi connectivity index (χ0n) is 12.5. The summed E-state index contributed by atoms with van der Waals surface area (Å²) in [7, 11) is 0. The number of hydrogen-bond acceptors (Lipinski definition) is 3. The Balaban J connectivity index is 1.77. The third-order valence-electron chi connectivity index (χ3n) is 4.39. The summed E-state index contributed by atoms with van der Waals surface area (Å²) in [5.74, 6) is 1.65. The van der Waals surface area contributed by atoms with E-state index < -0.39 is 0 Å². The molecule has 4 nitrogen and oxygen atoms in total. The van der Waals surface area contributed by atoms with Gasteiger partial charge in [-0.2, -0.15) is 5.10 Å². The first-order valence-electron chi connectivity index (χ1n) is 7.71. The van der Waals surface area contributed by atoms with Crippen molar-refractivity contribution in [2.45, 2.75) is 26.3 Å². The van der Waals surface area contributed by atoms with E-state index in [-0.39, 0.29) is 0 Å². The maximum atomic E-state index is 5.42. The molecule has 0 aliphatic carbocycles. The molecule has 0 spiro atoms. The number of piperidine rings is 1. The average molecular weight is 302 g/mol. The molecular formula is C16H22N4S. The highest BCUT2D eigenvalue weighted by Crippen LogP contribution is 2.23. The molecule has 0 radical (unpaired) electrons. The fourth-order valence-corrected chi connectivity index (χ4v) is 3.24. The smallest absolute Gasteiger partial charge is 0.195 e. The van der Waals surface area contributed by atoms with Crippen LogP contribution in [-0.2, 0) is 6.54 Å². The largest absolute Gasteiger partial charge is 0.304 e. The molecule has 1 saturated heterocycles. The summed E-state index contributed by atoms with van der Waals surface area (Å²) in [5, 5.41) is 7.37. The van der Waals surface area contributed by atoms with E-state index in [4.69, 9.17) is 12.2 Å². The molecule has 0 bridgehead atoms. The quantitative estimate of drug-likeness (QED) is 0.880. The number of aromatic nitrogens is 3. The van der Waals surface area contributed by atoms with Gasteiger partial charge >= 0.3 is 0 Å². The summed E-state index contributed by atoms with van der Waals surface area (Å²) in [6.07, 6.45) is 2.49. The van der Waals surface area contributed by atoms with Crippen molar-refractivity contribution in [3.05, 3.63) is 35.1 Å². The number of hydrogen-bond donors (Lipinski definition) is 1. The topological polar surface area (TPSA) is 36.9 Å². The first-order chi connectivity index (χ1) is 10.3. The SMILES string of the molecule is CCN1CCC(Cn2c(-c3ccccc3)n[nH]c2=S)CC1. The Labute approximate surface area is 130 Å². The van der Waals surface area contributed by atoms with E-state index in [1.165, 1.54) is 25.9 Å². The fraction of sp³-hybridized carbons (Fsp3) is 0.500. The molecule has 1 aromatic carbocycles. The second-order valence-corrected chi connectivity index (χ2v) is 6.09. The summed E-state index contributed by atoms with van der Waals surface area (Å²) in [6.45, 7) is 6.77. The molecule has 0 unspecified atom stereocenters. The summed E-state index contributed by atoms with van der Waals surface area (Å²) in [6, 6.07) is 10.3. The van der Waals surface area contributed by atoms with Gasteiger partial charge in [0.25, 0.3) is 0 Å². The standard InChI is InChI=1S/C16H22N4S/c1-2-19-10-8-13(9-11-19)12-20-15(17-18-16(20)21)14-6-4-3-5-7-14/h3-7,13H,2,8-12H2,1H3,(H,18,21). The fourth-order valence-electron chi connectivity index (χ4n) is 3.04. The van der Waals surface area contributed by atoms with Crippen molar-refractivity contribution in [3.8, 4) is 11.4 Å². The van der Waals surface area contributed by atoms with E-state index in [1.54, 1.807) is 0 Å². The van der Waals surface area contributed by atoms with E-state index in [0.717, 1.165) is 29.2 Å². The monoisotopic (exact) mass is 302 g/mol. The van der Waals surface area contributed by atoms with Crippen LogP contribution in [0.4, 0.5) is 0 Å². The molecule has 2 heterocycles. The molecule has 0 saturated carbocycles. The van der Waals surface area contributed by atoms with Crippen LogP contribution in [-0.4, -0.2) is 39.3 Å². The molecule has 2 aromatic rings. The molecule has 1 aliphatic rings. The van der Waals surface area contributed by atoms with Gasteiger partial charge in [-0.3, -0.25) is 9.67 Å². The number of nitrogens with zero attached hydrogens (tertiary/aromatic N) is 3. The van der Waals surface area contributed by atoms with Gasteiger partial charge in [0.2, 0.25) is 0 Å². The predicted octanol–water partition coefficient (Wildman–Crippen LogP) is 3.34. The molecule has 112 valence electrons. The van der Waals surface area contributed by atoms with Gasteiger partial charge in [-0.25, -0.2) is 0 Å². The lowest BCUT2D eigenvalue weighted by Crippen LogP contribution is -2.34. The number of rotatable bonds is 4. The van der Waals surface area contributed by atoms with Crippen molar-refractivity contribution >= 4 is 12.2 Å². The highest BCUT2D eigenvalue weighted by Gasteiger charge is 2.20. The summed E-state index contributed by atoms with van der Waals surface area (Å²) in [4.78, 5) is 2.52. The number of likely N-dealkylation sites (tertiary alicyclic amines) is 1. The van der Waals surface area contributed by atoms with Gasteiger partial charge in [0.05, 0.1) is 0 Å². The van der Waals surface area contributed by atoms with Gasteiger partial charge in [-0.05, 0) is 50.6 Å². The van der Waals surface area contributed by atoms with Crippen molar-refractivity contribution in [1.82, 2.24) is 19.7 Å². The van der Waals surface area contributed by atoms with E-state index in [2.05, 4.69) is 38.7 Å². The van der Waals surface area contributed by atoms with Gasteiger partial charge in [-0.15, -0.1) is 0 Å². The maximum Gasteiger partial charge on any atom is 0.195 e. The highest BCUT2D eigenvalue weighted by molar-refractivity contribution is 7.71. The number of benzene rings is 1. The minimum Gasteiger partial charge on any atom is -0.304 e. The second-order valence-electron chi connectivity index (χ2n) is 5.71. The van der Waals surface area contributed by atoms with E-state index in [9.17, 15) is 0 Å². The minimum absolute atomic E-state index is 0.694. The van der Waals surface area contributed by atoms with Gasteiger partial charge in [-0.1, -0.05) is 37.3 Å². The van der Waals surface area contributed by atoms with Crippen molar-refractivity contribution in [2.24, 2.45) is 5.92 Å². The lowest BCUT2D eigenvalue weighted by molar-refractivity contribution is 0.181. The minimum atomic E-state index is 0.694. The Morgan fingerprint density at radius 2 is 1.95 bits per heavy atom. The Kier molecular flexibility index (Phi) is 4.51. The molecule has 1 fully saturated rings. The van der Waals surface area contributed by atoms with Crippen LogP contribution in [0.3, 0.4) is 0 Å². The van der Waals surface area contributed by atoms with Crippen LogP contribution in [0.5, 0.6) is 0 Å². The van der Waals surface area contributed by atoms with Gasteiger partial charge in [0.15, 0.2) is 10.6 Å². The van der Waals surface area contributed by atoms with E-state index >= 15 is 0 Å². The molecule has 1 aromatic heterocycles. The molecule has 3 rings (SSSR count). The van der Waals surface area contributed by atoms with Crippen LogP contribution in [0.25, 0.3) is 11.4 Å². The number of aromatic amines is 1. The Hall–Kier alpha value is -1.46. The van der Waals surface area contributed by atoms with Gasteiger partial charge in [0, 0.05) is 12.1 Å². The molecule has 1 aliphatic heterocycles. The highest BCUT2D eigenvalue weighted by atomic mass is 32.1. The summed E-state index contributed by atoms with van der Waals surface area (Å²) < 4.78 is 2.89. The molecule has 0 amide bonds. The molecule has 1 N–H and O–H groups in total. The number of H-pyrrole nitrogens is 1. The van der Waals surface area contributed by atoms with Gasteiger partial charge in [0.1, 0.15) is 0 Å². The second kappa shape index (κ2) is 6.54. The van der Waals surface area contributed by atoms with Crippen molar-refractivity contribution in [1.29, 1.82) is 0 Å². The van der Waals surface area contributed by atoms with Crippen LogP contribution in [0.2, 0.25) is 0 Å². The molecule has 0 atom stereocenters. The van der Waals surface area contributed by atoms with E-state index in [0.29, 0.717) is 5.92 Å². The third-order valence-corrected chi connectivity index (χ3v) is 4.70. The zero-order valence-corrected chi connectivity index (χ0v) is 13.3. The first-order valence-corrected chi connectivity index (χ1v) is 8.11. The lowest BCUT2D eigenvalue weighted by Gasteiger charge is -2.31. The van der Waals surface area contributed by atoms with Crippen LogP contribution in [0.15, 0.2) is 30.3 Å². The van der Waals surface area contributed by atoms with E-state index in [1.807, 2.05) is 18.2 Å². The lowest BCUT2D eigenvalue weighted by atomic mass is 9.96. The van der Waals surface area contributed by atoms with Gasteiger partial charge < -0.3 is 4.90 Å². The molecular weight excluding hydrogens is 280 g/mol. The van der Waals surface area contributed by atoms with Crippen LogP contribution >= 0.6 is 12.2 Å². The van der Waals surface area contributed by atoms with Crippen LogP contribution < -0.4 is 0 Å². The average Bonchev–Trinajstić information content (AvgIpc) is 2.90. The number of nitrogens with one attached hydrogen (secondary N) is 1. The normalized spacial score (nSPS) is 17.2. The summed E-state index contributed by atoms with van der Waals surface area (Å²) in [5.41, 5.74) is 1.12. The molecule has 21 heavy (non-hydrogen) atoms. The maximum absolute atomic E-state index is 5.42. The summed E-state index contributed by atoms with van der Waals surface area (Å²) >= 11 is 5.42. The first kappa shape index (κ1) is 14.5. The Bertz CT molecular complexity index is 623. The zero-order chi connectivity index (χ0) is 14.7.